The molecule has 6 heteroatoms. The second-order valence-corrected chi connectivity index (χ2v) is 6.39. The molecule has 2 aromatic rings. The van der Waals surface area contributed by atoms with E-state index in [1.54, 1.807) is 0 Å². The fourth-order valence-electron chi connectivity index (χ4n) is 2.67. The van der Waals surface area contributed by atoms with Crippen LogP contribution in [-0.2, 0) is 6.42 Å². The Kier molecular flexibility index (Phi) is 7.51. The smallest absolute Gasteiger partial charge is 0.191 e. The van der Waals surface area contributed by atoms with Crippen LogP contribution in [0.25, 0.3) is 0 Å². The van der Waals surface area contributed by atoms with Gasteiger partial charge in [0.1, 0.15) is 17.6 Å². The van der Waals surface area contributed by atoms with Gasteiger partial charge in [-0.25, -0.2) is 4.99 Å². The molecule has 0 amide bonds. The lowest BCUT2D eigenvalue weighted by Crippen LogP contribution is -2.39. The lowest BCUT2D eigenvalue weighted by molar-refractivity contribution is 0.228. The third kappa shape index (κ3) is 5.79. The summed E-state index contributed by atoms with van der Waals surface area (Å²) in [7, 11) is 0. The Morgan fingerprint density at radius 1 is 1.23 bits per heavy atom. The number of rotatable bonds is 8. The van der Waals surface area contributed by atoms with Gasteiger partial charge < -0.3 is 19.9 Å². The fraction of sp³-hybridized carbons (Fsp3) is 0.500. The number of aliphatic imine (C=N–C) groups is 1. The number of benzene rings is 1. The van der Waals surface area contributed by atoms with Crippen molar-refractivity contribution in [1.29, 1.82) is 0 Å². The molecule has 0 aliphatic rings. The molecule has 0 fully saturated rings. The Labute approximate surface area is 156 Å². The van der Waals surface area contributed by atoms with Gasteiger partial charge in [0.2, 0.25) is 0 Å². The second kappa shape index (κ2) is 9.85. The summed E-state index contributed by atoms with van der Waals surface area (Å²) in [4.78, 5) is 4.63. The molecular formula is C20H30N4O2. The van der Waals surface area contributed by atoms with E-state index in [0.717, 1.165) is 53.8 Å². The van der Waals surface area contributed by atoms with Crippen LogP contribution in [0.2, 0.25) is 0 Å². The summed E-state index contributed by atoms with van der Waals surface area (Å²) in [6.45, 7) is 12.2. The zero-order chi connectivity index (χ0) is 18.9. The highest BCUT2D eigenvalue weighted by Crippen LogP contribution is 2.17. The Hall–Kier alpha value is -2.50. The van der Waals surface area contributed by atoms with Crippen LogP contribution < -0.4 is 15.4 Å². The highest BCUT2D eigenvalue weighted by Gasteiger charge is 2.09. The average molecular weight is 358 g/mol. The van der Waals surface area contributed by atoms with E-state index < -0.39 is 0 Å². The number of nitrogens with zero attached hydrogens (tertiary/aromatic N) is 2. The van der Waals surface area contributed by atoms with Crippen molar-refractivity contribution in [3.05, 3.63) is 46.8 Å². The fourth-order valence-corrected chi connectivity index (χ4v) is 2.67. The lowest BCUT2D eigenvalue weighted by atomic mass is 10.1. The van der Waals surface area contributed by atoms with Crippen molar-refractivity contribution >= 4 is 5.96 Å². The lowest BCUT2D eigenvalue weighted by Gasteiger charge is -2.16. The number of hydrogen-bond acceptors (Lipinski definition) is 4. The Bertz CT molecular complexity index is 705. The van der Waals surface area contributed by atoms with Crippen molar-refractivity contribution in [1.82, 2.24) is 15.8 Å². The molecule has 142 valence electrons. The number of aromatic nitrogens is 1. The first-order valence-corrected chi connectivity index (χ1v) is 9.17. The highest BCUT2D eigenvalue weighted by molar-refractivity contribution is 5.79. The van der Waals surface area contributed by atoms with Gasteiger partial charge in [-0.3, -0.25) is 0 Å². The van der Waals surface area contributed by atoms with Crippen molar-refractivity contribution in [2.24, 2.45) is 4.99 Å². The van der Waals surface area contributed by atoms with Crippen molar-refractivity contribution in [2.45, 2.75) is 47.1 Å². The van der Waals surface area contributed by atoms with Gasteiger partial charge >= 0.3 is 0 Å². The van der Waals surface area contributed by atoms with Crippen LogP contribution in [0.1, 0.15) is 36.4 Å². The Balaban J connectivity index is 1.86. The summed E-state index contributed by atoms with van der Waals surface area (Å²) in [5.74, 6) is 2.58. The number of guanidine groups is 1. The minimum atomic E-state index is -0.00545. The number of nitrogens with one attached hydrogen (secondary N) is 2. The summed E-state index contributed by atoms with van der Waals surface area (Å²) in [6.07, 6.45) is 0.843. The van der Waals surface area contributed by atoms with Gasteiger partial charge in [0, 0.05) is 18.7 Å². The maximum Gasteiger partial charge on any atom is 0.191 e. The van der Waals surface area contributed by atoms with Gasteiger partial charge in [-0.15, -0.1) is 0 Å². The molecule has 1 heterocycles. The molecule has 0 bridgehead atoms. The monoisotopic (exact) mass is 358 g/mol. The minimum absolute atomic E-state index is 0.00545. The molecule has 0 aliphatic heterocycles. The van der Waals surface area contributed by atoms with Gasteiger partial charge in [0.05, 0.1) is 12.2 Å². The first-order chi connectivity index (χ1) is 12.5. The molecule has 0 radical (unpaired) electrons. The first-order valence-electron chi connectivity index (χ1n) is 9.17. The van der Waals surface area contributed by atoms with E-state index in [1.807, 2.05) is 52.0 Å². The molecule has 2 rings (SSSR count). The third-order valence-corrected chi connectivity index (χ3v) is 4.12. The van der Waals surface area contributed by atoms with E-state index in [2.05, 4.69) is 27.7 Å². The molecule has 1 aromatic carbocycles. The Morgan fingerprint density at radius 3 is 2.65 bits per heavy atom. The third-order valence-electron chi connectivity index (χ3n) is 4.12. The zero-order valence-electron chi connectivity index (χ0n) is 16.4. The normalized spacial score (nSPS) is 12.7. The van der Waals surface area contributed by atoms with Crippen LogP contribution in [0, 0.1) is 20.8 Å². The van der Waals surface area contributed by atoms with Gasteiger partial charge in [-0.1, -0.05) is 23.4 Å². The van der Waals surface area contributed by atoms with E-state index in [1.165, 1.54) is 0 Å². The maximum atomic E-state index is 5.99. The quantitative estimate of drug-likeness (QED) is 0.560. The van der Waals surface area contributed by atoms with Gasteiger partial charge in [0.25, 0.3) is 0 Å². The van der Waals surface area contributed by atoms with Gasteiger partial charge in [-0.2, -0.15) is 0 Å². The molecule has 1 unspecified atom stereocenters. The van der Waals surface area contributed by atoms with Crippen molar-refractivity contribution in [3.8, 4) is 5.75 Å². The SMILES string of the molecule is CCNC(=NCC(C)Oc1ccccc1C)NCCc1c(C)noc1C. The molecule has 1 aromatic heterocycles. The van der Waals surface area contributed by atoms with Crippen molar-refractivity contribution in [2.75, 3.05) is 19.6 Å². The van der Waals surface area contributed by atoms with Crippen molar-refractivity contribution < 1.29 is 9.26 Å². The van der Waals surface area contributed by atoms with E-state index in [9.17, 15) is 0 Å². The van der Waals surface area contributed by atoms with E-state index >= 15 is 0 Å². The number of hydrogen-bond donors (Lipinski definition) is 2. The molecule has 2 N–H and O–H groups in total. The summed E-state index contributed by atoms with van der Waals surface area (Å²) < 4.78 is 11.2. The summed E-state index contributed by atoms with van der Waals surface area (Å²) in [5, 5.41) is 10.6. The largest absolute Gasteiger partial charge is 0.489 e. The standard InChI is InChI=1S/C20H30N4O2/c1-6-21-20(22-12-11-18-16(4)24-26-17(18)5)23-13-15(3)25-19-10-8-7-9-14(19)2/h7-10,15H,6,11-13H2,1-5H3,(H2,21,22,23). The number of para-hydroxylation sites is 1. The van der Waals surface area contributed by atoms with E-state index in [0.29, 0.717) is 6.54 Å². The van der Waals surface area contributed by atoms with Crippen LogP contribution in [0.15, 0.2) is 33.8 Å². The minimum Gasteiger partial charge on any atom is -0.489 e. The second-order valence-electron chi connectivity index (χ2n) is 6.39. The molecule has 0 aliphatic carbocycles. The highest BCUT2D eigenvalue weighted by atomic mass is 16.5. The zero-order valence-corrected chi connectivity index (χ0v) is 16.4. The van der Waals surface area contributed by atoms with Crippen LogP contribution in [-0.4, -0.2) is 36.9 Å². The predicted octanol–water partition coefficient (Wildman–Crippen LogP) is 3.16. The molecule has 26 heavy (non-hydrogen) atoms. The number of aryl methyl sites for hydroxylation is 3. The van der Waals surface area contributed by atoms with Crippen molar-refractivity contribution in [3.63, 3.8) is 0 Å². The van der Waals surface area contributed by atoms with Gasteiger partial charge in [0.15, 0.2) is 5.96 Å². The summed E-state index contributed by atoms with van der Waals surface area (Å²) >= 11 is 0. The maximum absolute atomic E-state index is 5.99. The van der Waals surface area contributed by atoms with Crippen LogP contribution in [0.5, 0.6) is 5.75 Å². The summed E-state index contributed by atoms with van der Waals surface area (Å²) in [5.41, 5.74) is 3.24. The summed E-state index contributed by atoms with van der Waals surface area (Å²) in [6, 6.07) is 8.03. The molecule has 0 saturated heterocycles. The Morgan fingerprint density at radius 2 is 2.00 bits per heavy atom. The van der Waals surface area contributed by atoms with Gasteiger partial charge in [-0.05, 0) is 52.7 Å². The molecule has 6 nitrogen and oxygen atoms in total. The van der Waals surface area contributed by atoms with E-state index in [4.69, 9.17) is 9.26 Å². The molecule has 1 atom stereocenters. The van der Waals surface area contributed by atoms with Crippen LogP contribution >= 0.6 is 0 Å². The predicted molar refractivity (Wildman–Crippen MR) is 105 cm³/mol. The van der Waals surface area contributed by atoms with Crippen LogP contribution in [0.4, 0.5) is 0 Å². The van der Waals surface area contributed by atoms with E-state index in [-0.39, 0.29) is 6.10 Å². The average Bonchev–Trinajstić information content (AvgIpc) is 2.93. The molecule has 0 spiro atoms. The number of ether oxygens (including phenoxy) is 1. The molecular weight excluding hydrogens is 328 g/mol. The molecule has 0 saturated carbocycles. The topological polar surface area (TPSA) is 71.7 Å². The first kappa shape index (κ1) is 19.8. The van der Waals surface area contributed by atoms with Crippen LogP contribution in [0.3, 0.4) is 0 Å².